The Morgan fingerprint density at radius 1 is 1.38 bits per heavy atom. The molecule has 1 aromatic rings. The summed E-state index contributed by atoms with van der Waals surface area (Å²) in [5.74, 6) is -0.250. The third kappa shape index (κ3) is 4.81. The van der Waals surface area contributed by atoms with Gasteiger partial charge in [0.1, 0.15) is 0 Å². The van der Waals surface area contributed by atoms with Crippen LogP contribution >= 0.6 is 0 Å². The van der Waals surface area contributed by atoms with Crippen LogP contribution in [0.4, 0.5) is 0 Å². The lowest BCUT2D eigenvalue weighted by atomic mass is 10.2. The normalized spacial score (nSPS) is 22.8. The number of likely N-dealkylation sites (tertiary alicyclic amines) is 1. The number of amides is 1. The smallest absolute Gasteiger partial charge is 0.234 e. The van der Waals surface area contributed by atoms with Gasteiger partial charge < -0.3 is 15.4 Å². The highest BCUT2D eigenvalue weighted by atomic mass is 16.5. The van der Waals surface area contributed by atoms with Gasteiger partial charge in [-0.2, -0.15) is 0 Å². The van der Waals surface area contributed by atoms with E-state index in [9.17, 15) is 4.79 Å². The first-order chi connectivity index (χ1) is 10.1. The summed E-state index contributed by atoms with van der Waals surface area (Å²) in [6.07, 6.45) is 0.764. The molecular formula is C16H25N3O2. The number of nitrogens with zero attached hydrogens (tertiary/aromatic N) is 2. The average Bonchev–Trinajstić information content (AvgIpc) is 2.87. The van der Waals surface area contributed by atoms with Crippen molar-refractivity contribution in [3.63, 3.8) is 0 Å². The van der Waals surface area contributed by atoms with Crippen LogP contribution < -0.4 is 5.73 Å². The van der Waals surface area contributed by atoms with Gasteiger partial charge in [-0.1, -0.05) is 30.3 Å². The van der Waals surface area contributed by atoms with Crippen LogP contribution in [0.2, 0.25) is 0 Å². The molecule has 1 heterocycles. The van der Waals surface area contributed by atoms with E-state index in [0.29, 0.717) is 13.0 Å². The quantitative estimate of drug-likeness (QED) is 0.803. The largest absolute Gasteiger partial charge is 0.372 e. The summed E-state index contributed by atoms with van der Waals surface area (Å²) >= 11 is 0. The van der Waals surface area contributed by atoms with Crippen molar-refractivity contribution in [2.24, 2.45) is 5.73 Å². The molecular weight excluding hydrogens is 266 g/mol. The van der Waals surface area contributed by atoms with Gasteiger partial charge in [-0.3, -0.25) is 9.69 Å². The van der Waals surface area contributed by atoms with E-state index in [1.807, 2.05) is 44.4 Å². The van der Waals surface area contributed by atoms with Crippen molar-refractivity contribution in [1.82, 2.24) is 9.80 Å². The van der Waals surface area contributed by atoms with Gasteiger partial charge >= 0.3 is 0 Å². The van der Waals surface area contributed by atoms with Gasteiger partial charge in [-0.25, -0.2) is 0 Å². The zero-order valence-electron chi connectivity index (χ0n) is 12.9. The SMILES string of the molecule is CN(C)CCN1CC(OCc2ccccc2)CC1C(N)=O. The molecule has 0 aliphatic carbocycles. The van der Waals surface area contributed by atoms with Gasteiger partial charge in [-0.05, 0) is 26.1 Å². The van der Waals surface area contributed by atoms with Gasteiger partial charge in [0.05, 0.1) is 18.8 Å². The van der Waals surface area contributed by atoms with Crippen molar-refractivity contribution in [2.45, 2.75) is 25.2 Å². The Morgan fingerprint density at radius 3 is 2.71 bits per heavy atom. The molecule has 21 heavy (non-hydrogen) atoms. The van der Waals surface area contributed by atoms with E-state index in [4.69, 9.17) is 10.5 Å². The van der Waals surface area contributed by atoms with Crippen LogP contribution in [0.25, 0.3) is 0 Å². The van der Waals surface area contributed by atoms with E-state index in [2.05, 4.69) is 9.80 Å². The molecule has 1 aliphatic heterocycles. The van der Waals surface area contributed by atoms with Crippen molar-refractivity contribution in [1.29, 1.82) is 0 Å². The van der Waals surface area contributed by atoms with Crippen LogP contribution in [0.15, 0.2) is 30.3 Å². The molecule has 0 radical (unpaired) electrons. The Bertz CT molecular complexity index is 450. The number of hydrogen-bond acceptors (Lipinski definition) is 4. The monoisotopic (exact) mass is 291 g/mol. The first kappa shape index (κ1) is 15.9. The summed E-state index contributed by atoms with van der Waals surface area (Å²) in [7, 11) is 4.05. The topological polar surface area (TPSA) is 58.8 Å². The van der Waals surface area contributed by atoms with E-state index < -0.39 is 0 Å². The van der Waals surface area contributed by atoms with Crippen LogP contribution in [0.5, 0.6) is 0 Å². The van der Waals surface area contributed by atoms with Crippen LogP contribution in [0.3, 0.4) is 0 Å². The minimum atomic E-state index is -0.250. The van der Waals surface area contributed by atoms with Crippen LogP contribution in [-0.2, 0) is 16.1 Å². The van der Waals surface area contributed by atoms with Gasteiger partial charge in [-0.15, -0.1) is 0 Å². The van der Waals surface area contributed by atoms with E-state index >= 15 is 0 Å². The van der Waals surface area contributed by atoms with Crippen LogP contribution in [-0.4, -0.2) is 61.6 Å². The number of nitrogens with two attached hydrogens (primary N) is 1. The molecule has 5 heteroatoms. The fourth-order valence-electron chi connectivity index (χ4n) is 2.64. The molecule has 5 nitrogen and oxygen atoms in total. The minimum Gasteiger partial charge on any atom is -0.372 e. The first-order valence-corrected chi connectivity index (χ1v) is 7.40. The number of rotatable bonds is 7. The molecule has 1 amide bonds. The van der Waals surface area contributed by atoms with Gasteiger partial charge in [0.25, 0.3) is 0 Å². The molecule has 2 atom stereocenters. The molecule has 1 fully saturated rings. The third-order valence-corrected chi connectivity index (χ3v) is 3.86. The first-order valence-electron chi connectivity index (χ1n) is 7.40. The Morgan fingerprint density at radius 2 is 2.10 bits per heavy atom. The lowest BCUT2D eigenvalue weighted by Gasteiger charge is -2.23. The fourth-order valence-corrected chi connectivity index (χ4v) is 2.64. The summed E-state index contributed by atoms with van der Waals surface area (Å²) in [5.41, 5.74) is 6.67. The highest BCUT2D eigenvalue weighted by Gasteiger charge is 2.35. The molecule has 2 unspecified atom stereocenters. The summed E-state index contributed by atoms with van der Waals surface area (Å²) in [6.45, 7) is 3.10. The Labute approximate surface area is 126 Å². The molecule has 2 N–H and O–H groups in total. The molecule has 1 aliphatic rings. The molecule has 0 spiro atoms. The maximum absolute atomic E-state index is 11.6. The van der Waals surface area contributed by atoms with E-state index in [1.165, 1.54) is 0 Å². The Kier molecular flexibility index (Phi) is 5.73. The van der Waals surface area contributed by atoms with Crippen LogP contribution in [0.1, 0.15) is 12.0 Å². The number of hydrogen-bond donors (Lipinski definition) is 1. The number of benzene rings is 1. The number of carbonyl (C=O) groups excluding carboxylic acids is 1. The average molecular weight is 291 g/mol. The van der Waals surface area contributed by atoms with Gasteiger partial charge in [0.15, 0.2) is 0 Å². The summed E-state index contributed by atoms with van der Waals surface area (Å²) in [5, 5.41) is 0. The zero-order chi connectivity index (χ0) is 15.2. The van der Waals surface area contributed by atoms with Gasteiger partial charge in [0, 0.05) is 19.6 Å². The van der Waals surface area contributed by atoms with Crippen molar-refractivity contribution >= 4 is 5.91 Å². The van der Waals surface area contributed by atoms with E-state index in [-0.39, 0.29) is 18.1 Å². The number of ether oxygens (including phenoxy) is 1. The lowest BCUT2D eigenvalue weighted by molar-refractivity contribution is -0.122. The molecule has 0 saturated carbocycles. The molecule has 1 aromatic carbocycles. The second kappa shape index (κ2) is 7.54. The van der Waals surface area contributed by atoms with Crippen molar-refractivity contribution in [3.8, 4) is 0 Å². The van der Waals surface area contributed by atoms with E-state index in [1.54, 1.807) is 0 Å². The maximum Gasteiger partial charge on any atom is 0.234 e. The van der Waals surface area contributed by atoms with Crippen molar-refractivity contribution in [2.75, 3.05) is 33.7 Å². The van der Waals surface area contributed by atoms with Crippen molar-refractivity contribution in [3.05, 3.63) is 35.9 Å². The minimum absolute atomic E-state index is 0.0740. The highest BCUT2D eigenvalue weighted by molar-refractivity contribution is 5.80. The summed E-state index contributed by atoms with van der Waals surface area (Å²) in [6, 6.07) is 9.89. The molecule has 0 bridgehead atoms. The zero-order valence-corrected chi connectivity index (χ0v) is 12.9. The lowest BCUT2D eigenvalue weighted by Crippen LogP contribution is -2.43. The number of likely N-dealkylation sites (N-methyl/N-ethyl adjacent to an activating group) is 1. The second-order valence-electron chi connectivity index (χ2n) is 5.87. The highest BCUT2D eigenvalue weighted by Crippen LogP contribution is 2.21. The van der Waals surface area contributed by atoms with Gasteiger partial charge in [0.2, 0.25) is 5.91 Å². The second-order valence-corrected chi connectivity index (χ2v) is 5.87. The Balaban J connectivity index is 1.86. The Hall–Kier alpha value is -1.43. The molecule has 2 rings (SSSR count). The molecule has 0 aromatic heterocycles. The number of carbonyl (C=O) groups is 1. The van der Waals surface area contributed by atoms with Crippen molar-refractivity contribution < 1.29 is 9.53 Å². The summed E-state index contributed by atoms with van der Waals surface area (Å²) in [4.78, 5) is 15.8. The predicted molar refractivity (Wildman–Crippen MR) is 82.7 cm³/mol. The summed E-state index contributed by atoms with van der Waals surface area (Å²) < 4.78 is 5.94. The maximum atomic E-state index is 11.6. The number of primary amides is 1. The standard InChI is InChI=1S/C16H25N3O2/c1-18(2)8-9-19-11-14(10-15(19)16(17)20)21-12-13-6-4-3-5-7-13/h3-7,14-15H,8-12H2,1-2H3,(H2,17,20). The van der Waals surface area contributed by atoms with E-state index in [0.717, 1.165) is 25.2 Å². The third-order valence-electron chi connectivity index (χ3n) is 3.86. The predicted octanol–water partition coefficient (Wildman–Crippen LogP) is 0.693. The fraction of sp³-hybridized carbons (Fsp3) is 0.562. The molecule has 116 valence electrons. The van der Waals surface area contributed by atoms with Crippen LogP contribution in [0, 0.1) is 0 Å². The molecule has 1 saturated heterocycles.